The van der Waals surface area contributed by atoms with Crippen molar-refractivity contribution in [3.05, 3.63) is 101 Å². The number of hydrogen-bond donors (Lipinski definition) is 1. The number of nitrogens with zero attached hydrogens (tertiary/aromatic N) is 4. The van der Waals surface area contributed by atoms with Gasteiger partial charge in [0.15, 0.2) is 6.23 Å². The molecule has 1 aliphatic carbocycles. The van der Waals surface area contributed by atoms with Gasteiger partial charge in [-0.15, -0.1) is 11.8 Å². The summed E-state index contributed by atoms with van der Waals surface area (Å²) < 4.78 is 34.5. The largest absolute Gasteiger partial charge is 0.457 e. The fraction of sp³-hybridized carbons (Fsp3) is 0.549. The second-order valence-corrected chi connectivity index (χ2v) is 19.2. The van der Waals surface area contributed by atoms with Gasteiger partial charge in [-0.1, -0.05) is 69.2 Å². The number of unbranched alkanes of at least 4 members (excludes halogenated alkanes) is 3. The van der Waals surface area contributed by atoms with Crippen molar-refractivity contribution < 1.29 is 37.8 Å². The summed E-state index contributed by atoms with van der Waals surface area (Å²) in [5.41, 5.74) is 5.07. The predicted octanol–water partition coefficient (Wildman–Crippen LogP) is 8.04. The molecule has 2 heterocycles. The van der Waals surface area contributed by atoms with Crippen LogP contribution >= 0.6 is 11.8 Å². The van der Waals surface area contributed by atoms with Crippen molar-refractivity contribution in [1.82, 2.24) is 24.7 Å². The lowest BCUT2D eigenvalue weighted by molar-refractivity contribution is -0.172. The topological polar surface area (TPSA) is 132 Å². The number of likely N-dealkylation sites (tertiary alicyclic amines) is 1. The summed E-state index contributed by atoms with van der Waals surface area (Å²) in [4.78, 5) is 58.4. The SMILES string of the molecule is CCOC(c1ccc(CC(=O)NCCCCCCSC2CC(=O)N(C)C2=O)cc1)n1c(CCCN(C)CC[C@@]2(OC(=O)COC)CCc3cc(F)ccc3[C@@H]2C(C)C)nc2ccccc21. The first-order valence-corrected chi connectivity index (χ1v) is 24.4. The second kappa shape index (κ2) is 23.7. The van der Waals surface area contributed by atoms with Gasteiger partial charge >= 0.3 is 5.97 Å². The van der Waals surface area contributed by atoms with Crippen LogP contribution in [0.25, 0.3) is 11.0 Å². The standard InChI is InChI=1S/C51H68FN5O7S/c1-7-63-50(37-20-18-36(19-21-37)31-45(58)53-27-12-8-9-13-30-65-43-33-46(59)56(5)49(43)61)57-42-16-11-10-15-41(42)54-44(57)17-14-28-55(4)29-26-51(64-47(60)34-62-6)25-24-38-32-39(52)22-23-40(38)48(51)35(2)3/h10-11,15-16,18-23,32,35,43,48,50H,7-9,12-14,17,24-31,33-34H2,1-6H3,(H,53,58)/t43?,48-,50?,51-/m0/s1. The molecular weight excluding hydrogens is 846 g/mol. The van der Waals surface area contributed by atoms with Crippen molar-refractivity contribution in [2.45, 2.75) is 114 Å². The third-order valence-corrected chi connectivity index (χ3v) is 14.1. The Morgan fingerprint density at radius 3 is 2.51 bits per heavy atom. The molecule has 12 nitrogen and oxygen atoms in total. The molecule has 0 spiro atoms. The molecule has 0 saturated carbocycles. The first-order chi connectivity index (χ1) is 31.3. The molecule has 1 N–H and O–H groups in total. The number of carbonyl (C=O) groups excluding carboxylic acids is 4. The van der Waals surface area contributed by atoms with E-state index in [4.69, 9.17) is 19.2 Å². The number of rotatable bonds is 25. The van der Waals surface area contributed by atoms with Crippen LogP contribution < -0.4 is 5.32 Å². The highest BCUT2D eigenvalue weighted by Gasteiger charge is 2.48. The number of benzene rings is 3. The number of ether oxygens (including phenoxy) is 3. The summed E-state index contributed by atoms with van der Waals surface area (Å²) in [6.07, 6.45) is 7.46. The molecule has 2 unspecified atom stereocenters. The monoisotopic (exact) mass is 913 g/mol. The zero-order valence-corrected chi connectivity index (χ0v) is 39.9. The fourth-order valence-corrected chi connectivity index (χ4v) is 10.8. The number of imidazole rings is 1. The van der Waals surface area contributed by atoms with E-state index >= 15 is 0 Å². The third-order valence-electron chi connectivity index (χ3n) is 12.8. The first-order valence-electron chi connectivity index (χ1n) is 23.4. The molecule has 65 heavy (non-hydrogen) atoms. The summed E-state index contributed by atoms with van der Waals surface area (Å²) >= 11 is 1.57. The highest BCUT2D eigenvalue weighted by atomic mass is 32.2. The molecule has 1 aliphatic heterocycles. The quantitative estimate of drug-likeness (QED) is 0.0396. The highest BCUT2D eigenvalue weighted by molar-refractivity contribution is 8.00. The molecule has 4 atom stereocenters. The molecule has 3 amide bonds. The van der Waals surface area contributed by atoms with E-state index in [2.05, 4.69) is 41.7 Å². The number of aromatic nitrogens is 2. The summed E-state index contributed by atoms with van der Waals surface area (Å²) in [5, 5.41) is 2.82. The van der Waals surface area contributed by atoms with Crippen molar-refractivity contribution in [1.29, 1.82) is 0 Å². The van der Waals surface area contributed by atoms with E-state index < -0.39 is 11.8 Å². The number of hydrogen-bond acceptors (Lipinski definition) is 10. The molecule has 1 saturated heterocycles. The summed E-state index contributed by atoms with van der Waals surface area (Å²) in [5.74, 6) is 1.01. The minimum atomic E-state index is -0.746. The van der Waals surface area contributed by atoms with Gasteiger partial charge in [0.2, 0.25) is 17.7 Å². The van der Waals surface area contributed by atoms with Gasteiger partial charge < -0.3 is 24.4 Å². The van der Waals surface area contributed by atoms with E-state index in [-0.39, 0.29) is 59.6 Å². The maximum atomic E-state index is 14.3. The zero-order chi connectivity index (χ0) is 46.5. The van der Waals surface area contributed by atoms with Gasteiger partial charge in [-0.05, 0) is 105 Å². The van der Waals surface area contributed by atoms with E-state index in [1.54, 1.807) is 24.9 Å². The Labute approximate surface area is 388 Å². The fourth-order valence-electron chi connectivity index (χ4n) is 9.61. The summed E-state index contributed by atoms with van der Waals surface area (Å²) in [6, 6.07) is 21.2. The normalized spacial score (nSPS) is 19.1. The van der Waals surface area contributed by atoms with Crippen LogP contribution in [0.2, 0.25) is 0 Å². The van der Waals surface area contributed by atoms with Crippen LogP contribution in [0.15, 0.2) is 66.7 Å². The van der Waals surface area contributed by atoms with Gasteiger partial charge in [-0.2, -0.15) is 0 Å². The van der Waals surface area contributed by atoms with Crippen LogP contribution in [-0.2, 0) is 52.7 Å². The number of carbonyl (C=O) groups is 4. The molecule has 2 aliphatic rings. The number of halogens is 1. The number of para-hydroxylation sites is 2. The number of nitrogens with one attached hydrogen (secondary N) is 1. The molecular formula is C51H68FN5O7S. The number of methoxy groups -OCH3 is 1. The Morgan fingerprint density at radius 2 is 1.78 bits per heavy atom. The van der Waals surface area contributed by atoms with Crippen LogP contribution in [0.3, 0.4) is 0 Å². The maximum absolute atomic E-state index is 14.3. The number of thioether (sulfide) groups is 1. The Hall–Kier alpha value is -4.63. The Kier molecular flexibility index (Phi) is 18.2. The van der Waals surface area contributed by atoms with Crippen molar-refractivity contribution in [3.8, 4) is 0 Å². The molecule has 14 heteroatoms. The van der Waals surface area contributed by atoms with E-state index in [1.807, 2.05) is 55.5 Å². The lowest BCUT2D eigenvalue weighted by atomic mass is 9.65. The van der Waals surface area contributed by atoms with Crippen molar-refractivity contribution in [3.63, 3.8) is 0 Å². The molecule has 0 radical (unpaired) electrons. The average molecular weight is 914 g/mol. The maximum Gasteiger partial charge on any atom is 0.332 e. The van der Waals surface area contributed by atoms with E-state index in [0.717, 1.165) is 83.5 Å². The van der Waals surface area contributed by atoms with E-state index in [9.17, 15) is 23.6 Å². The number of aryl methyl sites for hydroxylation is 2. The first kappa shape index (κ1) is 49.8. The van der Waals surface area contributed by atoms with Crippen LogP contribution in [-0.4, -0.2) is 114 Å². The third kappa shape index (κ3) is 12.8. The summed E-state index contributed by atoms with van der Waals surface area (Å²) in [7, 11) is 5.15. The van der Waals surface area contributed by atoms with Crippen LogP contribution in [0.5, 0.6) is 0 Å². The Morgan fingerprint density at radius 1 is 1.02 bits per heavy atom. The number of amides is 3. The molecule has 0 bridgehead atoms. The summed E-state index contributed by atoms with van der Waals surface area (Å²) in [6.45, 7) is 8.76. The van der Waals surface area contributed by atoms with Gasteiger partial charge in [-0.3, -0.25) is 23.9 Å². The molecule has 4 aromatic rings. The highest BCUT2D eigenvalue weighted by Crippen LogP contribution is 2.48. The van der Waals surface area contributed by atoms with Gasteiger partial charge in [0.1, 0.15) is 23.8 Å². The van der Waals surface area contributed by atoms with Gasteiger partial charge in [0.05, 0.1) is 22.7 Å². The van der Waals surface area contributed by atoms with Crippen LogP contribution in [0.4, 0.5) is 4.39 Å². The van der Waals surface area contributed by atoms with E-state index in [1.165, 1.54) is 18.1 Å². The molecule has 352 valence electrons. The molecule has 3 aromatic carbocycles. The van der Waals surface area contributed by atoms with Crippen molar-refractivity contribution >= 4 is 46.5 Å². The zero-order valence-electron chi connectivity index (χ0n) is 39.1. The molecule has 1 fully saturated rings. The van der Waals surface area contributed by atoms with Crippen LogP contribution in [0.1, 0.15) is 112 Å². The smallest absolute Gasteiger partial charge is 0.332 e. The Balaban J connectivity index is 1.03. The van der Waals surface area contributed by atoms with Crippen molar-refractivity contribution in [2.75, 3.05) is 59.8 Å². The molecule has 6 rings (SSSR count). The van der Waals surface area contributed by atoms with Gasteiger partial charge in [0.25, 0.3) is 0 Å². The molecule has 1 aromatic heterocycles. The average Bonchev–Trinajstić information content (AvgIpc) is 3.76. The second-order valence-electron chi connectivity index (χ2n) is 17.9. The predicted molar refractivity (Wildman–Crippen MR) is 253 cm³/mol. The van der Waals surface area contributed by atoms with Gasteiger partial charge in [0, 0.05) is 64.6 Å². The minimum absolute atomic E-state index is 0.0150. The Bertz CT molecular complexity index is 2230. The minimum Gasteiger partial charge on any atom is -0.457 e. The lowest BCUT2D eigenvalue weighted by Gasteiger charge is -2.47. The van der Waals surface area contributed by atoms with E-state index in [0.29, 0.717) is 51.8 Å². The number of fused-ring (bicyclic) bond motifs is 2. The number of imide groups is 1. The van der Waals surface area contributed by atoms with Crippen molar-refractivity contribution in [2.24, 2.45) is 5.92 Å². The number of esters is 1. The van der Waals surface area contributed by atoms with Gasteiger partial charge in [-0.25, -0.2) is 14.2 Å². The van der Waals surface area contributed by atoms with Crippen LogP contribution in [0, 0.1) is 11.7 Å². The lowest BCUT2D eigenvalue weighted by Crippen LogP contribution is -2.49.